The van der Waals surface area contributed by atoms with Gasteiger partial charge in [0, 0.05) is 22.3 Å². The third kappa shape index (κ3) is 3.31. The smallest absolute Gasteiger partial charge is 0.269 e. The summed E-state index contributed by atoms with van der Waals surface area (Å²) in [5, 5.41) is 3.55. The van der Waals surface area contributed by atoms with Crippen molar-refractivity contribution in [1.82, 2.24) is 5.32 Å². The highest BCUT2D eigenvalue weighted by atomic mass is 35.5. The first-order chi connectivity index (χ1) is 15.0. The van der Waals surface area contributed by atoms with Crippen LogP contribution in [-0.2, 0) is 19.3 Å². The van der Waals surface area contributed by atoms with Crippen LogP contribution in [0, 0.1) is 0 Å². The number of hydrogen-bond donors (Lipinski definition) is 1. The van der Waals surface area contributed by atoms with Gasteiger partial charge in [-0.2, -0.15) is 0 Å². The van der Waals surface area contributed by atoms with Crippen molar-refractivity contribution in [3.63, 3.8) is 0 Å². The highest BCUT2D eigenvalue weighted by Crippen LogP contribution is 2.55. The number of halogens is 1. The van der Waals surface area contributed by atoms with Crippen LogP contribution in [0.4, 0.5) is 11.4 Å². The molecule has 31 heavy (non-hydrogen) atoms. The van der Waals surface area contributed by atoms with E-state index in [1.165, 1.54) is 16.7 Å². The van der Waals surface area contributed by atoms with Crippen LogP contribution in [0.1, 0.15) is 31.2 Å². The molecule has 3 aliphatic rings. The number of fused-ring (bicyclic) bond motifs is 2. The molecular formula is C23H22ClN3O3S. The standard InChI is InChI=1S/C23H22ClN3O3S/c24-15-6-5-9-17(12-15)27-21(29)14-31-23(27)18-10-3-4-11-19(18)26(22(23)30)13-20(28)25-16-7-1-2-8-16/h3-6,9-12,16H,1-2,7-8,13-14H2,(H,25,28)/t23-/m0/s1. The molecule has 1 spiro atoms. The van der Waals surface area contributed by atoms with E-state index in [2.05, 4.69) is 5.32 Å². The predicted octanol–water partition coefficient (Wildman–Crippen LogP) is 3.68. The number of anilines is 2. The first-order valence-corrected chi connectivity index (χ1v) is 11.8. The molecule has 5 rings (SSSR count). The summed E-state index contributed by atoms with van der Waals surface area (Å²) in [6.07, 6.45) is 4.19. The van der Waals surface area contributed by atoms with Crippen molar-refractivity contribution in [2.24, 2.45) is 0 Å². The molecule has 2 aliphatic heterocycles. The van der Waals surface area contributed by atoms with E-state index < -0.39 is 4.87 Å². The Bertz CT molecular complexity index is 1070. The van der Waals surface area contributed by atoms with Crippen molar-refractivity contribution in [1.29, 1.82) is 0 Å². The lowest BCUT2D eigenvalue weighted by Gasteiger charge is -2.33. The molecule has 0 bridgehead atoms. The number of para-hydroxylation sites is 1. The zero-order valence-corrected chi connectivity index (χ0v) is 18.4. The van der Waals surface area contributed by atoms with E-state index in [0.717, 1.165) is 31.2 Å². The van der Waals surface area contributed by atoms with Gasteiger partial charge in [-0.1, -0.05) is 48.7 Å². The third-order valence-electron chi connectivity index (χ3n) is 6.15. The number of rotatable bonds is 4. The number of amides is 3. The SMILES string of the molecule is O=C(CN1C(=O)[C@@]2(SCC(=O)N2c2cccc(Cl)c2)c2ccccc21)NC1CCCC1. The van der Waals surface area contributed by atoms with Crippen molar-refractivity contribution < 1.29 is 14.4 Å². The second-order valence-corrected chi connectivity index (χ2v) is 9.70. The summed E-state index contributed by atoms with van der Waals surface area (Å²) in [4.78, 5) is 41.4. The van der Waals surface area contributed by atoms with Crippen LogP contribution in [0.2, 0.25) is 5.02 Å². The van der Waals surface area contributed by atoms with E-state index in [1.807, 2.05) is 24.3 Å². The number of benzene rings is 2. The van der Waals surface area contributed by atoms with Crippen LogP contribution in [-0.4, -0.2) is 36.1 Å². The topological polar surface area (TPSA) is 69.7 Å². The predicted molar refractivity (Wildman–Crippen MR) is 122 cm³/mol. The molecule has 2 aromatic rings. The van der Waals surface area contributed by atoms with Gasteiger partial charge in [0.2, 0.25) is 16.7 Å². The lowest BCUT2D eigenvalue weighted by Crippen LogP contribution is -2.51. The van der Waals surface area contributed by atoms with E-state index >= 15 is 0 Å². The molecule has 1 saturated carbocycles. The summed E-state index contributed by atoms with van der Waals surface area (Å²) in [5.41, 5.74) is 1.97. The molecule has 0 unspecified atom stereocenters. The van der Waals surface area contributed by atoms with Crippen LogP contribution in [0.25, 0.3) is 0 Å². The van der Waals surface area contributed by atoms with Gasteiger partial charge >= 0.3 is 0 Å². The third-order valence-corrected chi connectivity index (χ3v) is 7.77. The number of thioether (sulfide) groups is 1. The number of nitrogens with one attached hydrogen (secondary N) is 1. The molecular weight excluding hydrogens is 434 g/mol. The quantitative estimate of drug-likeness (QED) is 0.763. The van der Waals surface area contributed by atoms with Gasteiger partial charge in [0.05, 0.1) is 11.4 Å². The van der Waals surface area contributed by atoms with Crippen molar-refractivity contribution >= 4 is 52.5 Å². The highest BCUT2D eigenvalue weighted by molar-refractivity contribution is 8.02. The Morgan fingerprint density at radius 3 is 2.68 bits per heavy atom. The van der Waals surface area contributed by atoms with Crippen molar-refractivity contribution in [3.8, 4) is 0 Å². The van der Waals surface area contributed by atoms with Gasteiger partial charge in [0.25, 0.3) is 5.91 Å². The fourth-order valence-electron chi connectivity index (χ4n) is 4.81. The van der Waals surface area contributed by atoms with Crippen LogP contribution in [0.5, 0.6) is 0 Å². The molecule has 1 saturated heterocycles. The molecule has 1 atom stereocenters. The van der Waals surface area contributed by atoms with Crippen LogP contribution >= 0.6 is 23.4 Å². The summed E-state index contributed by atoms with van der Waals surface area (Å²) in [7, 11) is 0. The summed E-state index contributed by atoms with van der Waals surface area (Å²) < 4.78 is 0. The second kappa shape index (κ2) is 7.88. The number of carbonyl (C=O) groups is 3. The van der Waals surface area contributed by atoms with Gasteiger partial charge in [0.1, 0.15) is 6.54 Å². The Balaban J connectivity index is 1.52. The molecule has 160 valence electrons. The minimum absolute atomic E-state index is 0.0633. The molecule has 3 amide bonds. The van der Waals surface area contributed by atoms with Gasteiger partial charge < -0.3 is 5.32 Å². The maximum absolute atomic E-state index is 13.9. The molecule has 2 heterocycles. The van der Waals surface area contributed by atoms with Crippen LogP contribution in [0.15, 0.2) is 48.5 Å². The summed E-state index contributed by atoms with van der Waals surface area (Å²) in [5.74, 6) is -0.427. The van der Waals surface area contributed by atoms with E-state index in [-0.39, 0.29) is 36.1 Å². The van der Waals surface area contributed by atoms with Gasteiger partial charge in [-0.05, 0) is 37.1 Å². The maximum atomic E-state index is 13.9. The minimum atomic E-state index is -1.23. The van der Waals surface area contributed by atoms with Gasteiger partial charge in [-0.3, -0.25) is 24.2 Å². The van der Waals surface area contributed by atoms with Crippen LogP contribution < -0.4 is 15.1 Å². The second-order valence-electron chi connectivity index (χ2n) is 8.10. The van der Waals surface area contributed by atoms with Gasteiger partial charge in [-0.25, -0.2) is 0 Å². The van der Waals surface area contributed by atoms with Crippen molar-refractivity contribution in [2.45, 2.75) is 36.6 Å². The Morgan fingerprint density at radius 2 is 1.90 bits per heavy atom. The molecule has 1 aliphatic carbocycles. The summed E-state index contributed by atoms with van der Waals surface area (Å²) in [6, 6.07) is 14.6. The lowest BCUT2D eigenvalue weighted by atomic mass is 10.0. The molecule has 1 N–H and O–H groups in total. The number of carbonyl (C=O) groups excluding carboxylic acids is 3. The first-order valence-electron chi connectivity index (χ1n) is 10.4. The van der Waals surface area contributed by atoms with E-state index in [4.69, 9.17) is 11.6 Å². The molecule has 2 aromatic carbocycles. The van der Waals surface area contributed by atoms with E-state index in [1.54, 1.807) is 29.2 Å². The maximum Gasteiger partial charge on any atom is 0.269 e. The molecule has 0 aromatic heterocycles. The van der Waals surface area contributed by atoms with Gasteiger partial charge in [-0.15, -0.1) is 11.8 Å². The average molecular weight is 456 g/mol. The zero-order chi connectivity index (χ0) is 21.6. The molecule has 0 radical (unpaired) electrons. The molecule has 6 nitrogen and oxygen atoms in total. The fraction of sp³-hybridized carbons (Fsp3) is 0.348. The lowest BCUT2D eigenvalue weighted by molar-refractivity contribution is -0.126. The first kappa shape index (κ1) is 20.4. The fourth-order valence-corrected chi connectivity index (χ4v) is 6.36. The van der Waals surface area contributed by atoms with Crippen molar-refractivity contribution in [2.75, 3.05) is 22.1 Å². The number of nitrogens with zero attached hydrogens (tertiary/aromatic N) is 2. The molecule has 8 heteroatoms. The Morgan fingerprint density at radius 1 is 1.13 bits per heavy atom. The summed E-state index contributed by atoms with van der Waals surface area (Å²) >= 11 is 7.48. The highest BCUT2D eigenvalue weighted by Gasteiger charge is 2.61. The van der Waals surface area contributed by atoms with E-state index in [9.17, 15) is 14.4 Å². The zero-order valence-electron chi connectivity index (χ0n) is 16.8. The molecule has 2 fully saturated rings. The monoisotopic (exact) mass is 455 g/mol. The van der Waals surface area contributed by atoms with Crippen LogP contribution in [0.3, 0.4) is 0 Å². The normalized spacial score (nSPS) is 23.1. The van der Waals surface area contributed by atoms with E-state index in [0.29, 0.717) is 16.4 Å². The summed E-state index contributed by atoms with van der Waals surface area (Å²) in [6.45, 7) is -0.0633. The van der Waals surface area contributed by atoms with Gasteiger partial charge in [0.15, 0.2) is 0 Å². The van der Waals surface area contributed by atoms with Crippen molar-refractivity contribution in [3.05, 3.63) is 59.1 Å². The largest absolute Gasteiger partial charge is 0.352 e. The Labute approximate surface area is 189 Å². The number of hydrogen-bond acceptors (Lipinski definition) is 4. The Hall–Kier alpha value is -2.51. The minimum Gasteiger partial charge on any atom is -0.352 e. The average Bonchev–Trinajstić information content (AvgIpc) is 3.44. The Kier molecular flexibility index (Phi) is 5.18.